The quantitative estimate of drug-likeness (QED) is 0.841. The molecular formula is C12H15N3O. The Morgan fingerprint density at radius 2 is 2.25 bits per heavy atom. The molecule has 0 bridgehead atoms. The summed E-state index contributed by atoms with van der Waals surface area (Å²) in [5.41, 5.74) is 3.09. The summed E-state index contributed by atoms with van der Waals surface area (Å²) in [5.74, 6) is 0. The summed E-state index contributed by atoms with van der Waals surface area (Å²) in [6.07, 6.45) is 3.41. The molecule has 4 heteroatoms. The molecule has 1 aromatic heterocycles. The predicted molar refractivity (Wildman–Crippen MR) is 61.5 cm³/mol. The average molecular weight is 217 g/mol. The van der Waals surface area contributed by atoms with Crippen LogP contribution in [-0.2, 0) is 12.8 Å². The van der Waals surface area contributed by atoms with Crippen LogP contribution in [0.15, 0.2) is 30.5 Å². The summed E-state index contributed by atoms with van der Waals surface area (Å²) in [6, 6.07) is 8.20. The standard InChI is InChI=1S/C12H15N3O/c1-2-10-4-3-5-12(8-10)15-9-11(6-7-16)13-14-15/h3-5,8-9,16H,2,6-7H2,1H3. The van der Waals surface area contributed by atoms with Crippen molar-refractivity contribution in [1.29, 1.82) is 0 Å². The van der Waals surface area contributed by atoms with Crippen LogP contribution in [0.5, 0.6) is 0 Å². The van der Waals surface area contributed by atoms with Crippen LogP contribution >= 0.6 is 0 Å². The lowest BCUT2D eigenvalue weighted by Crippen LogP contribution is -1.95. The Balaban J connectivity index is 2.27. The number of hydrogen-bond acceptors (Lipinski definition) is 3. The molecule has 0 amide bonds. The average Bonchev–Trinajstić information content (AvgIpc) is 2.78. The predicted octanol–water partition coefficient (Wildman–Crippen LogP) is 1.36. The molecule has 2 rings (SSSR count). The number of aliphatic hydroxyl groups is 1. The highest BCUT2D eigenvalue weighted by Crippen LogP contribution is 2.10. The van der Waals surface area contributed by atoms with Gasteiger partial charge in [0.25, 0.3) is 0 Å². The Morgan fingerprint density at radius 1 is 1.38 bits per heavy atom. The summed E-state index contributed by atoms with van der Waals surface area (Å²) in [7, 11) is 0. The van der Waals surface area contributed by atoms with Gasteiger partial charge in [0.05, 0.1) is 17.6 Å². The molecule has 0 spiro atoms. The van der Waals surface area contributed by atoms with Gasteiger partial charge in [-0.1, -0.05) is 24.3 Å². The second-order valence-corrected chi connectivity index (χ2v) is 3.65. The summed E-state index contributed by atoms with van der Waals surface area (Å²) < 4.78 is 1.74. The third kappa shape index (κ3) is 2.28. The molecule has 4 nitrogen and oxygen atoms in total. The maximum Gasteiger partial charge on any atom is 0.0854 e. The minimum Gasteiger partial charge on any atom is -0.396 e. The molecule has 0 aliphatic carbocycles. The van der Waals surface area contributed by atoms with Crippen LogP contribution in [0.2, 0.25) is 0 Å². The zero-order valence-corrected chi connectivity index (χ0v) is 9.30. The van der Waals surface area contributed by atoms with Gasteiger partial charge in [-0.05, 0) is 24.1 Å². The Hall–Kier alpha value is -1.68. The van der Waals surface area contributed by atoms with E-state index in [1.807, 2.05) is 18.3 Å². The van der Waals surface area contributed by atoms with Crippen molar-refractivity contribution >= 4 is 0 Å². The molecule has 0 unspecified atom stereocenters. The number of benzene rings is 1. The molecule has 0 aliphatic heterocycles. The van der Waals surface area contributed by atoms with E-state index in [1.165, 1.54) is 5.56 Å². The smallest absolute Gasteiger partial charge is 0.0854 e. The van der Waals surface area contributed by atoms with E-state index in [-0.39, 0.29) is 6.61 Å². The van der Waals surface area contributed by atoms with Crippen LogP contribution in [0.25, 0.3) is 5.69 Å². The van der Waals surface area contributed by atoms with Crippen LogP contribution in [-0.4, -0.2) is 26.7 Å². The summed E-state index contributed by atoms with van der Waals surface area (Å²) in [4.78, 5) is 0. The summed E-state index contributed by atoms with van der Waals surface area (Å²) in [5, 5.41) is 16.8. The van der Waals surface area contributed by atoms with Crippen LogP contribution in [0.1, 0.15) is 18.2 Å². The SMILES string of the molecule is CCc1cccc(-n2cc(CCO)nn2)c1. The zero-order valence-electron chi connectivity index (χ0n) is 9.30. The van der Waals surface area contributed by atoms with Gasteiger partial charge in [-0.25, -0.2) is 4.68 Å². The van der Waals surface area contributed by atoms with E-state index < -0.39 is 0 Å². The lowest BCUT2D eigenvalue weighted by molar-refractivity contribution is 0.298. The van der Waals surface area contributed by atoms with Gasteiger partial charge in [-0.3, -0.25) is 0 Å². The highest BCUT2D eigenvalue weighted by Gasteiger charge is 2.02. The fraction of sp³-hybridized carbons (Fsp3) is 0.333. The zero-order chi connectivity index (χ0) is 11.4. The van der Waals surface area contributed by atoms with E-state index in [0.717, 1.165) is 17.8 Å². The highest BCUT2D eigenvalue weighted by atomic mass is 16.3. The van der Waals surface area contributed by atoms with E-state index in [2.05, 4.69) is 29.4 Å². The molecule has 84 valence electrons. The first-order valence-electron chi connectivity index (χ1n) is 5.45. The maximum absolute atomic E-state index is 8.80. The summed E-state index contributed by atoms with van der Waals surface area (Å²) >= 11 is 0. The van der Waals surface area contributed by atoms with Gasteiger partial charge >= 0.3 is 0 Å². The van der Waals surface area contributed by atoms with E-state index in [1.54, 1.807) is 4.68 Å². The largest absolute Gasteiger partial charge is 0.396 e. The number of nitrogens with zero attached hydrogens (tertiary/aromatic N) is 3. The van der Waals surface area contributed by atoms with Crippen molar-refractivity contribution in [2.24, 2.45) is 0 Å². The lowest BCUT2D eigenvalue weighted by Gasteiger charge is -2.02. The van der Waals surface area contributed by atoms with Crippen molar-refractivity contribution in [3.63, 3.8) is 0 Å². The molecule has 0 aliphatic rings. The third-order valence-corrected chi connectivity index (χ3v) is 2.49. The molecule has 0 fully saturated rings. The van der Waals surface area contributed by atoms with Crippen molar-refractivity contribution in [3.8, 4) is 5.69 Å². The van der Waals surface area contributed by atoms with Gasteiger partial charge in [0.2, 0.25) is 0 Å². The van der Waals surface area contributed by atoms with Gasteiger partial charge < -0.3 is 5.11 Å². The van der Waals surface area contributed by atoms with Crippen LogP contribution in [0.4, 0.5) is 0 Å². The van der Waals surface area contributed by atoms with E-state index in [0.29, 0.717) is 6.42 Å². The van der Waals surface area contributed by atoms with Gasteiger partial charge in [0.15, 0.2) is 0 Å². The Labute approximate surface area is 94.5 Å². The van der Waals surface area contributed by atoms with Gasteiger partial charge in [-0.2, -0.15) is 0 Å². The number of hydrogen-bond donors (Lipinski definition) is 1. The second kappa shape index (κ2) is 4.90. The molecule has 0 saturated carbocycles. The maximum atomic E-state index is 8.80. The number of aliphatic hydroxyl groups excluding tert-OH is 1. The second-order valence-electron chi connectivity index (χ2n) is 3.65. The molecule has 16 heavy (non-hydrogen) atoms. The van der Waals surface area contributed by atoms with E-state index in [9.17, 15) is 0 Å². The minimum atomic E-state index is 0.105. The Morgan fingerprint density at radius 3 is 3.00 bits per heavy atom. The van der Waals surface area contributed by atoms with E-state index in [4.69, 9.17) is 5.11 Å². The molecule has 0 saturated heterocycles. The van der Waals surface area contributed by atoms with Crippen molar-refractivity contribution in [3.05, 3.63) is 41.7 Å². The minimum absolute atomic E-state index is 0.105. The van der Waals surface area contributed by atoms with Gasteiger partial charge in [0.1, 0.15) is 0 Å². The van der Waals surface area contributed by atoms with Crippen molar-refractivity contribution in [2.75, 3.05) is 6.61 Å². The molecule has 0 radical (unpaired) electrons. The van der Waals surface area contributed by atoms with Crippen LogP contribution in [0, 0.1) is 0 Å². The fourth-order valence-corrected chi connectivity index (χ4v) is 1.57. The molecular weight excluding hydrogens is 202 g/mol. The molecule has 1 N–H and O–H groups in total. The Bertz CT molecular complexity index is 465. The fourth-order valence-electron chi connectivity index (χ4n) is 1.57. The van der Waals surface area contributed by atoms with E-state index >= 15 is 0 Å². The van der Waals surface area contributed by atoms with Crippen molar-refractivity contribution < 1.29 is 5.11 Å². The summed E-state index contributed by atoms with van der Waals surface area (Å²) in [6.45, 7) is 2.23. The number of aromatic nitrogens is 3. The topological polar surface area (TPSA) is 50.9 Å². The van der Waals surface area contributed by atoms with Gasteiger partial charge in [-0.15, -0.1) is 5.10 Å². The first kappa shape index (κ1) is 10.8. The lowest BCUT2D eigenvalue weighted by atomic mass is 10.1. The van der Waals surface area contributed by atoms with Crippen molar-refractivity contribution in [1.82, 2.24) is 15.0 Å². The van der Waals surface area contributed by atoms with Crippen LogP contribution in [0.3, 0.4) is 0 Å². The molecule has 1 aromatic carbocycles. The number of aryl methyl sites for hydroxylation is 1. The highest BCUT2D eigenvalue weighted by molar-refractivity contribution is 5.35. The third-order valence-electron chi connectivity index (χ3n) is 2.49. The van der Waals surface area contributed by atoms with Crippen LogP contribution < -0.4 is 0 Å². The molecule has 1 heterocycles. The Kier molecular flexibility index (Phi) is 3.31. The monoisotopic (exact) mass is 217 g/mol. The van der Waals surface area contributed by atoms with Crippen molar-refractivity contribution in [2.45, 2.75) is 19.8 Å². The first-order valence-corrected chi connectivity index (χ1v) is 5.45. The normalized spacial score (nSPS) is 10.6. The molecule has 2 aromatic rings. The molecule has 0 atom stereocenters. The number of rotatable bonds is 4. The first-order chi connectivity index (χ1) is 7.83. The van der Waals surface area contributed by atoms with Gasteiger partial charge in [0, 0.05) is 13.0 Å².